The maximum atomic E-state index is 11.3. The molecule has 1 aliphatic rings. The second-order valence-electron chi connectivity index (χ2n) is 4.88. The lowest BCUT2D eigenvalue weighted by atomic mass is 10.1. The quantitative estimate of drug-likeness (QED) is 0.926. The second kappa shape index (κ2) is 5.46. The van der Waals surface area contributed by atoms with E-state index >= 15 is 0 Å². The molecule has 2 heterocycles. The van der Waals surface area contributed by atoms with Gasteiger partial charge in [-0.15, -0.1) is 0 Å². The van der Waals surface area contributed by atoms with Gasteiger partial charge in [-0.3, -0.25) is 0 Å². The Kier molecular flexibility index (Phi) is 3.52. The van der Waals surface area contributed by atoms with Crippen molar-refractivity contribution in [2.75, 3.05) is 19.8 Å². The Morgan fingerprint density at radius 2 is 2.30 bits per heavy atom. The first-order chi connectivity index (χ1) is 9.74. The normalized spacial score (nSPS) is 18.3. The fourth-order valence-electron chi connectivity index (χ4n) is 2.27. The van der Waals surface area contributed by atoms with Gasteiger partial charge in [0.25, 0.3) is 0 Å². The van der Waals surface area contributed by atoms with Gasteiger partial charge in [0.2, 0.25) is 5.88 Å². The van der Waals surface area contributed by atoms with E-state index in [0.717, 1.165) is 23.9 Å². The summed E-state index contributed by atoms with van der Waals surface area (Å²) in [7, 11) is 0. The maximum absolute atomic E-state index is 11.3. The van der Waals surface area contributed by atoms with E-state index in [-0.39, 0.29) is 11.4 Å². The van der Waals surface area contributed by atoms with Gasteiger partial charge in [0.15, 0.2) is 0 Å². The van der Waals surface area contributed by atoms with Gasteiger partial charge in [0.05, 0.1) is 18.7 Å². The average Bonchev–Trinajstić information content (AvgIpc) is 2.97. The van der Waals surface area contributed by atoms with E-state index in [0.29, 0.717) is 19.1 Å². The lowest BCUT2D eigenvalue weighted by Crippen LogP contribution is -2.14. The lowest BCUT2D eigenvalue weighted by molar-refractivity contribution is 0.0690. The summed E-state index contributed by atoms with van der Waals surface area (Å²) in [5, 5.41) is 10.1. The van der Waals surface area contributed by atoms with Crippen LogP contribution in [0.1, 0.15) is 16.8 Å². The highest BCUT2D eigenvalue weighted by Gasteiger charge is 2.19. The third kappa shape index (κ3) is 2.58. The SMILES string of the molecule is O=C(O)c1cc2ccccc2nc1OCC1CCOC1. The number of carboxylic acids is 1. The molecule has 1 atom stereocenters. The van der Waals surface area contributed by atoms with Gasteiger partial charge < -0.3 is 14.6 Å². The fraction of sp³-hybridized carbons (Fsp3) is 0.333. The van der Waals surface area contributed by atoms with Gasteiger partial charge in [0, 0.05) is 17.9 Å². The number of carboxylic acid groups (broad SMARTS) is 1. The summed E-state index contributed by atoms with van der Waals surface area (Å²) in [6.07, 6.45) is 0.940. The van der Waals surface area contributed by atoms with E-state index in [4.69, 9.17) is 9.47 Å². The number of benzene rings is 1. The minimum atomic E-state index is -1.03. The van der Waals surface area contributed by atoms with Crippen LogP contribution in [0.15, 0.2) is 30.3 Å². The number of fused-ring (bicyclic) bond motifs is 1. The Labute approximate surface area is 116 Å². The molecule has 2 aromatic rings. The molecule has 0 saturated carbocycles. The maximum Gasteiger partial charge on any atom is 0.341 e. The standard InChI is InChI=1S/C15H15NO4/c17-15(18)12-7-11-3-1-2-4-13(11)16-14(12)20-9-10-5-6-19-8-10/h1-4,7,10H,5-6,8-9H2,(H,17,18). The van der Waals surface area contributed by atoms with E-state index in [2.05, 4.69) is 4.98 Å². The number of aromatic nitrogens is 1. The molecule has 1 unspecified atom stereocenters. The summed E-state index contributed by atoms with van der Waals surface area (Å²) >= 11 is 0. The number of pyridine rings is 1. The number of aromatic carboxylic acids is 1. The van der Waals surface area contributed by atoms with Crippen molar-refractivity contribution >= 4 is 16.9 Å². The molecule has 1 aliphatic heterocycles. The average molecular weight is 273 g/mol. The molecule has 3 rings (SSSR count). The molecule has 104 valence electrons. The largest absolute Gasteiger partial charge is 0.477 e. The number of rotatable bonds is 4. The van der Waals surface area contributed by atoms with E-state index in [1.807, 2.05) is 24.3 Å². The summed E-state index contributed by atoms with van der Waals surface area (Å²) in [5.74, 6) is -0.533. The zero-order chi connectivity index (χ0) is 13.9. The smallest absolute Gasteiger partial charge is 0.341 e. The van der Waals surface area contributed by atoms with Crippen LogP contribution in [0.4, 0.5) is 0 Å². The molecule has 0 aliphatic carbocycles. The molecule has 0 bridgehead atoms. The minimum absolute atomic E-state index is 0.0996. The Hall–Kier alpha value is -2.14. The second-order valence-corrected chi connectivity index (χ2v) is 4.88. The van der Waals surface area contributed by atoms with Gasteiger partial charge in [-0.2, -0.15) is 0 Å². The zero-order valence-electron chi connectivity index (χ0n) is 10.9. The van der Waals surface area contributed by atoms with Crippen molar-refractivity contribution in [3.63, 3.8) is 0 Å². The molecule has 0 spiro atoms. The fourth-order valence-corrected chi connectivity index (χ4v) is 2.27. The first-order valence-electron chi connectivity index (χ1n) is 6.57. The number of ether oxygens (including phenoxy) is 2. The summed E-state index contributed by atoms with van der Waals surface area (Å²) in [6, 6.07) is 9.00. The van der Waals surface area contributed by atoms with Gasteiger partial charge in [-0.1, -0.05) is 18.2 Å². The van der Waals surface area contributed by atoms with Gasteiger partial charge >= 0.3 is 5.97 Å². The van der Waals surface area contributed by atoms with Crippen molar-refractivity contribution in [3.05, 3.63) is 35.9 Å². The molecule has 1 aromatic carbocycles. The van der Waals surface area contributed by atoms with Crippen LogP contribution in [0.3, 0.4) is 0 Å². The summed E-state index contributed by atoms with van der Waals surface area (Å²) in [5.41, 5.74) is 0.831. The van der Waals surface area contributed by atoms with Crippen LogP contribution in [-0.4, -0.2) is 35.9 Å². The number of nitrogens with zero attached hydrogens (tertiary/aromatic N) is 1. The third-order valence-electron chi connectivity index (χ3n) is 3.40. The third-order valence-corrected chi connectivity index (χ3v) is 3.40. The highest BCUT2D eigenvalue weighted by molar-refractivity contribution is 5.95. The Morgan fingerprint density at radius 3 is 3.05 bits per heavy atom. The number of carbonyl (C=O) groups is 1. The van der Waals surface area contributed by atoms with Gasteiger partial charge in [-0.25, -0.2) is 9.78 Å². The number of para-hydroxylation sites is 1. The molecule has 1 N–H and O–H groups in total. The van der Waals surface area contributed by atoms with E-state index in [9.17, 15) is 9.90 Å². The number of hydrogen-bond acceptors (Lipinski definition) is 4. The Bertz CT molecular complexity index is 635. The van der Waals surface area contributed by atoms with Crippen molar-refractivity contribution in [3.8, 4) is 5.88 Å². The van der Waals surface area contributed by atoms with Crippen LogP contribution in [0.2, 0.25) is 0 Å². The highest BCUT2D eigenvalue weighted by Crippen LogP contribution is 2.23. The first kappa shape index (κ1) is 12.9. The van der Waals surface area contributed by atoms with Crippen LogP contribution >= 0.6 is 0 Å². The topological polar surface area (TPSA) is 68.7 Å². The molecule has 0 amide bonds. The lowest BCUT2D eigenvalue weighted by Gasteiger charge is -2.12. The molecule has 5 heteroatoms. The van der Waals surface area contributed by atoms with Crippen LogP contribution in [0.5, 0.6) is 5.88 Å². The van der Waals surface area contributed by atoms with E-state index in [1.165, 1.54) is 0 Å². The molecule has 20 heavy (non-hydrogen) atoms. The molecular weight excluding hydrogens is 258 g/mol. The molecule has 5 nitrogen and oxygen atoms in total. The summed E-state index contributed by atoms with van der Waals surface area (Å²) in [6.45, 7) is 1.84. The van der Waals surface area contributed by atoms with Crippen molar-refractivity contribution in [1.29, 1.82) is 0 Å². The van der Waals surface area contributed by atoms with Gasteiger partial charge in [0.1, 0.15) is 5.56 Å². The van der Waals surface area contributed by atoms with Crippen molar-refractivity contribution < 1.29 is 19.4 Å². The van der Waals surface area contributed by atoms with Crippen LogP contribution < -0.4 is 4.74 Å². The predicted octanol–water partition coefficient (Wildman–Crippen LogP) is 2.35. The van der Waals surface area contributed by atoms with E-state index in [1.54, 1.807) is 6.07 Å². The minimum Gasteiger partial charge on any atom is -0.477 e. The van der Waals surface area contributed by atoms with Crippen LogP contribution in [0, 0.1) is 5.92 Å². The van der Waals surface area contributed by atoms with Crippen LogP contribution in [-0.2, 0) is 4.74 Å². The zero-order valence-corrected chi connectivity index (χ0v) is 10.9. The van der Waals surface area contributed by atoms with Crippen molar-refractivity contribution in [1.82, 2.24) is 4.98 Å². The molecule has 1 aromatic heterocycles. The summed E-state index contributed by atoms with van der Waals surface area (Å²) < 4.78 is 10.9. The molecule has 0 radical (unpaired) electrons. The highest BCUT2D eigenvalue weighted by atomic mass is 16.5. The molecule has 1 fully saturated rings. The van der Waals surface area contributed by atoms with Crippen LogP contribution in [0.25, 0.3) is 10.9 Å². The summed E-state index contributed by atoms with van der Waals surface area (Å²) in [4.78, 5) is 15.6. The monoisotopic (exact) mass is 273 g/mol. The van der Waals surface area contributed by atoms with Crippen molar-refractivity contribution in [2.24, 2.45) is 5.92 Å². The first-order valence-corrected chi connectivity index (χ1v) is 6.57. The molecular formula is C15H15NO4. The predicted molar refractivity (Wildman–Crippen MR) is 73.1 cm³/mol. The number of hydrogen-bond donors (Lipinski definition) is 1. The molecule has 1 saturated heterocycles. The Morgan fingerprint density at radius 1 is 1.45 bits per heavy atom. The van der Waals surface area contributed by atoms with Crippen molar-refractivity contribution in [2.45, 2.75) is 6.42 Å². The van der Waals surface area contributed by atoms with E-state index < -0.39 is 5.97 Å². The Balaban J connectivity index is 1.90. The van der Waals surface area contributed by atoms with Gasteiger partial charge in [-0.05, 0) is 18.6 Å².